The topological polar surface area (TPSA) is 94.5 Å². The second-order valence-electron chi connectivity index (χ2n) is 6.24. The normalized spacial score (nSPS) is 21.0. The first-order valence-electron chi connectivity index (χ1n) is 8.12. The predicted octanol–water partition coefficient (Wildman–Crippen LogP) is 2.43. The Balaban J connectivity index is 1.59. The third-order valence-electron chi connectivity index (χ3n) is 4.11. The van der Waals surface area contributed by atoms with Gasteiger partial charge in [-0.25, -0.2) is 4.98 Å². The van der Waals surface area contributed by atoms with Gasteiger partial charge in [0.15, 0.2) is 23.4 Å². The molecule has 0 saturated carbocycles. The summed E-state index contributed by atoms with van der Waals surface area (Å²) in [7, 11) is 0. The number of fused-ring (bicyclic) bond motifs is 1. The van der Waals surface area contributed by atoms with Crippen molar-refractivity contribution in [3.05, 3.63) is 41.4 Å². The molecule has 1 aliphatic heterocycles. The van der Waals surface area contributed by atoms with Crippen LogP contribution >= 0.6 is 0 Å². The van der Waals surface area contributed by atoms with E-state index in [0.717, 1.165) is 5.52 Å². The number of ether oxygens (including phenoxy) is 1. The molecule has 4 rings (SSSR count). The number of benzene rings is 1. The third kappa shape index (κ3) is 3.00. The van der Waals surface area contributed by atoms with Crippen molar-refractivity contribution in [3.8, 4) is 0 Å². The number of oxazole rings is 1. The fourth-order valence-electron chi connectivity index (χ4n) is 3.05. The fraction of sp³-hybridized carbons (Fsp3) is 0.412. The van der Waals surface area contributed by atoms with Gasteiger partial charge in [-0.05, 0) is 32.0 Å². The first-order valence-corrected chi connectivity index (χ1v) is 8.12. The summed E-state index contributed by atoms with van der Waals surface area (Å²) in [5.41, 5.74) is 1.90. The van der Waals surface area contributed by atoms with Gasteiger partial charge < -0.3 is 18.6 Å². The van der Waals surface area contributed by atoms with Gasteiger partial charge in [0.25, 0.3) is 11.8 Å². The molecule has 0 aliphatic carbocycles. The van der Waals surface area contributed by atoms with Crippen LogP contribution in [-0.2, 0) is 4.74 Å². The van der Waals surface area contributed by atoms with Gasteiger partial charge in [-0.3, -0.25) is 4.79 Å². The lowest BCUT2D eigenvalue weighted by atomic mass is 10.1. The Morgan fingerprint density at radius 3 is 2.84 bits per heavy atom. The van der Waals surface area contributed by atoms with Gasteiger partial charge in [0.2, 0.25) is 0 Å². The van der Waals surface area contributed by atoms with Gasteiger partial charge in [-0.1, -0.05) is 5.16 Å². The Hall–Kier alpha value is -2.74. The number of rotatable bonds is 2. The van der Waals surface area contributed by atoms with Gasteiger partial charge in [0, 0.05) is 19.0 Å². The van der Waals surface area contributed by atoms with E-state index >= 15 is 0 Å². The van der Waals surface area contributed by atoms with Crippen molar-refractivity contribution in [3.63, 3.8) is 0 Å². The molecule has 0 spiro atoms. The number of nitrogens with zero attached hydrogens (tertiary/aromatic N) is 4. The largest absolute Gasteiger partial charge is 0.441 e. The molecule has 0 N–H and O–H groups in total. The maximum atomic E-state index is 12.9. The maximum absolute atomic E-state index is 12.9. The van der Waals surface area contributed by atoms with Gasteiger partial charge in [0.1, 0.15) is 5.52 Å². The molecule has 8 heteroatoms. The standard InChI is InChI=1S/C17H18N4O4/c1-9-7-21(8-15(23-9)16-18-10(2)20-25-16)17(22)12-4-5-13-14(6-12)24-11(3)19-13/h4-6,9,15H,7-8H2,1-3H3/t9-,15-/m1/s1. The minimum atomic E-state index is -0.426. The van der Waals surface area contributed by atoms with Crippen LogP contribution in [0.2, 0.25) is 0 Å². The van der Waals surface area contributed by atoms with Gasteiger partial charge in [0.05, 0.1) is 12.6 Å². The van der Waals surface area contributed by atoms with Crippen molar-refractivity contribution >= 4 is 17.0 Å². The van der Waals surface area contributed by atoms with Crippen molar-refractivity contribution in [2.75, 3.05) is 13.1 Å². The molecule has 2 aromatic heterocycles. The summed E-state index contributed by atoms with van der Waals surface area (Å²) in [5, 5.41) is 3.79. The predicted molar refractivity (Wildman–Crippen MR) is 87.0 cm³/mol. The molecular formula is C17H18N4O4. The number of amides is 1. The molecule has 2 atom stereocenters. The van der Waals surface area contributed by atoms with Crippen molar-refractivity contribution in [2.24, 2.45) is 0 Å². The number of aromatic nitrogens is 3. The molecule has 25 heavy (non-hydrogen) atoms. The summed E-state index contributed by atoms with van der Waals surface area (Å²) in [5.74, 6) is 1.42. The molecular weight excluding hydrogens is 324 g/mol. The summed E-state index contributed by atoms with van der Waals surface area (Å²) in [6.45, 7) is 6.30. The van der Waals surface area contributed by atoms with E-state index in [2.05, 4.69) is 15.1 Å². The lowest BCUT2D eigenvalue weighted by Gasteiger charge is -2.35. The summed E-state index contributed by atoms with van der Waals surface area (Å²) < 4.78 is 16.6. The van der Waals surface area contributed by atoms with Gasteiger partial charge in [-0.15, -0.1) is 0 Å². The molecule has 3 aromatic rings. The van der Waals surface area contributed by atoms with Gasteiger partial charge in [-0.2, -0.15) is 4.98 Å². The minimum Gasteiger partial charge on any atom is -0.441 e. The highest BCUT2D eigenvalue weighted by atomic mass is 16.5. The highest BCUT2D eigenvalue weighted by Crippen LogP contribution is 2.26. The molecule has 3 heterocycles. The third-order valence-corrected chi connectivity index (χ3v) is 4.11. The van der Waals surface area contributed by atoms with E-state index in [4.69, 9.17) is 13.7 Å². The first kappa shape index (κ1) is 15.8. The molecule has 0 unspecified atom stereocenters. The van der Waals surface area contributed by atoms with Gasteiger partial charge >= 0.3 is 0 Å². The number of aryl methyl sites for hydroxylation is 2. The highest BCUT2D eigenvalue weighted by Gasteiger charge is 2.33. The molecule has 1 amide bonds. The van der Waals surface area contributed by atoms with E-state index in [9.17, 15) is 4.79 Å². The molecule has 1 saturated heterocycles. The Morgan fingerprint density at radius 1 is 1.24 bits per heavy atom. The Bertz CT molecular complexity index is 932. The number of hydrogen-bond donors (Lipinski definition) is 0. The zero-order valence-corrected chi connectivity index (χ0v) is 14.2. The summed E-state index contributed by atoms with van der Waals surface area (Å²) in [6, 6.07) is 5.28. The van der Waals surface area contributed by atoms with E-state index < -0.39 is 6.10 Å². The first-order chi connectivity index (χ1) is 12.0. The van der Waals surface area contributed by atoms with Crippen LogP contribution < -0.4 is 0 Å². The molecule has 130 valence electrons. The smallest absolute Gasteiger partial charge is 0.257 e. The van der Waals surface area contributed by atoms with Crippen molar-refractivity contribution in [1.82, 2.24) is 20.0 Å². The summed E-state index contributed by atoms with van der Waals surface area (Å²) in [6.07, 6.45) is -0.559. The van der Waals surface area contributed by atoms with Crippen LogP contribution in [0.15, 0.2) is 27.1 Å². The molecule has 0 bridgehead atoms. The van der Waals surface area contributed by atoms with E-state index in [1.807, 2.05) is 6.92 Å². The van der Waals surface area contributed by atoms with Crippen molar-refractivity contribution < 1.29 is 18.5 Å². The molecule has 8 nitrogen and oxygen atoms in total. The quantitative estimate of drug-likeness (QED) is 0.706. The van der Waals surface area contributed by atoms with E-state index in [1.165, 1.54) is 0 Å². The van der Waals surface area contributed by atoms with Crippen LogP contribution in [0.4, 0.5) is 0 Å². The van der Waals surface area contributed by atoms with Crippen LogP contribution in [0.25, 0.3) is 11.1 Å². The van der Waals surface area contributed by atoms with Crippen LogP contribution in [0.5, 0.6) is 0 Å². The van der Waals surface area contributed by atoms with Crippen molar-refractivity contribution in [1.29, 1.82) is 0 Å². The van der Waals surface area contributed by atoms with Crippen LogP contribution in [0.3, 0.4) is 0 Å². The lowest BCUT2D eigenvalue weighted by molar-refractivity contribution is -0.0810. The second-order valence-corrected chi connectivity index (χ2v) is 6.24. The Kier molecular flexibility index (Phi) is 3.76. The molecule has 1 aliphatic rings. The minimum absolute atomic E-state index is 0.0904. The fourth-order valence-corrected chi connectivity index (χ4v) is 3.05. The Morgan fingerprint density at radius 2 is 2.08 bits per heavy atom. The molecule has 1 aromatic carbocycles. The number of morpholine rings is 1. The summed E-state index contributed by atoms with van der Waals surface area (Å²) >= 11 is 0. The SMILES string of the molecule is Cc1noc([C@H]2CN(C(=O)c3ccc4nc(C)oc4c3)C[C@@H](C)O2)n1. The van der Waals surface area contributed by atoms with E-state index in [1.54, 1.807) is 36.9 Å². The van der Waals surface area contributed by atoms with Crippen LogP contribution in [0, 0.1) is 13.8 Å². The van der Waals surface area contributed by atoms with E-state index in [-0.39, 0.29) is 12.0 Å². The van der Waals surface area contributed by atoms with E-state index in [0.29, 0.717) is 41.8 Å². The lowest BCUT2D eigenvalue weighted by Crippen LogP contribution is -2.46. The Labute approximate surface area is 143 Å². The molecule has 0 radical (unpaired) electrons. The highest BCUT2D eigenvalue weighted by molar-refractivity contribution is 5.97. The monoisotopic (exact) mass is 342 g/mol. The average molecular weight is 342 g/mol. The van der Waals surface area contributed by atoms with Crippen LogP contribution in [0.1, 0.15) is 41.0 Å². The number of carbonyl (C=O) groups excluding carboxylic acids is 1. The summed E-state index contributed by atoms with van der Waals surface area (Å²) in [4.78, 5) is 23.1. The number of carbonyl (C=O) groups is 1. The van der Waals surface area contributed by atoms with Crippen molar-refractivity contribution in [2.45, 2.75) is 33.0 Å². The zero-order chi connectivity index (χ0) is 17.6. The molecule has 1 fully saturated rings. The van der Waals surface area contributed by atoms with Crippen LogP contribution in [-0.4, -0.2) is 45.1 Å². The second kappa shape index (κ2) is 5.96. The number of hydrogen-bond acceptors (Lipinski definition) is 7. The average Bonchev–Trinajstić information content (AvgIpc) is 3.17. The zero-order valence-electron chi connectivity index (χ0n) is 14.2. The maximum Gasteiger partial charge on any atom is 0.257 e.